The molecule has 0 saturated carbocycles. The number of piperidine rings is 1. The van der Waals surface area contributed by atoms with Gasteiger partial charge in [-0.3, -0.25) is 4.79 Å². The molecule has 0 spiro atoms. The van der Waals surface area contributed by atoms with Crippen molar-refractivity contribution < 1.29 is 4.79 Å². The van der Waals surface area contributed by atoms with Gasteiger partial charge in [-0.15, -0.1) is 0 Å². The molecule has 1 saturated heterocycles. The number of hydrogen-bond donors (Lipinski definition) is 1. The van der Waals surface area contributed by atoms with E-state index < -0.39 is 0 Å². The van der Waals surface area contributed by atoms with Gasteiger partial charge in [-0.1, -0.05) is 27.7 Å². The summed E-state index contributed by atoms with van der Waals surface area (Å²) in [7, 11) is 0. The molecule has 20 heavy (non-hydrogen) atoms. The molecule has 1 aliphatic heterocycles. The Morgan fingerprint density at radius 3 is 2.30 bits per heavy atom. The van der Waals surface area contributed by atoms with Crippen molar-refractivity contribution in [3.63, 3.8) is 0 Å². The third-order valence-corrected chi connectivity index (χ3v) is 4.49. The lowest BCUT2D eigenvalue weighted by molar-refractivity contribution is -0.134. The summed E-state index contributed by atoms with van der Waals surface area (Å²) < 4.78 is 0. The Bertz CT molecular complexity index is 268. The molecule has 1 fully saturated rings. The van der Waals surface area contributed by atoms with E-state index in [1.54, 1.807) is 0 Å². The highest BCUT2D eigenvalue weighted by atomic mass is 16.2. The second-order valence-electron chi connectivity index (χ2n) is 6.64. The third-order valence-electron chi connectivity index (χ3n) is 4.49. The quantitative estimate of drug-likeness (QED) is 0.739. The highest BCUT2D eigenvalue weighted by Gasteiger charge is 2.23. The number of amides is 1. The Morgan fingerprint density at radius 1 is 1.20 bits per heavy atom. The molecule has 0 unspecified atom stereocenters. The van der Waals surface area contributed by atoms with Gasteiger partial charge in [0, 0.05) is 19.0 Å². The van der Waals surface area contributed by atoms with Crippen molar-refractivity contribution >= 4 is 5.91 Å². The maximum atomic E-state index is 12.6. The smallest absolute Gasteiger partial charge is 0.222 e. The van der Waals surface area contributed by atoms with Crippen molar-refractivity contribution in [3.05, 3.63) is 0 Å². The number of carbonyl (C=O) groups is 1. The van der Waals surface area contributed by atoms with E-state index in [4.69, 9.17) is 0 Å². The van der Waals surface area contributed by atoms with E-state index in [1.165, 1.54) is 12.8 Å². The van der Waals surface area contributed by atoms with Gasteiger partial charge < -0.3 is 10.2 Å². The summed E-state index contributed by atoms with van der Waals surface area (Å²) in [5.74, 6) is 1.69. The Labute approximate surface area is 125 Å². The number of nitrogens with zero attached hydrogens (tertiary/aromatic N) is 1. The molecule has 1 heterocycles. The molecule has 1 rings (SSSR count). The molecule has 0 aliphatic carbocycles. The summed E-state index contributed by atoms with van der Waals surface area (Å²) in [5, 5.41) is 3.39. The van der Waals surface area contributed by atoms with Crippen LogP contribution in [0.15, 0.2) is 0 Å². The van der Waals surface area contributed by atoms with Crippen LogP contribution in [0.2, 0.25) is 0 Å². The molecule has 3 heteroatoms. The lowest BCUT2D eigenvalue weighted by atomic mass is 9.92. The molecule has 118 valence electrons. The predicted octanol–water partition coefficient (Wildman–Crippen LogP) is 3.44. The monoisotopic (exact) mass is 282 g/mol. The van der Waals surface area contributed by atoms with Crippen molar-refractivity contribution in [3.8, 4) is 0 Å². The fourth-order valence-electron chi connectivity index (χ4n) is 3.22. The molecule has 0 atom stereocenters. The molecule has 0 radical (unpaired) electrons. The van der Waals surface area contributed by atoms with E-state index in [0.29, 0.717) is 17.9 Å². The maximum Gasteiger partial charge on any atom is 0.222 e. The van der Waals surface area contributed by atoms with Gasteiger partial charge in [0.25, 0.3) is 0 Å². The van der Waals surface area contributed by atoms with Crippen LogP contribution in [-0.2, 0) is 4.79 Å². The van der Waals surface area contributed by atoms with E-state index in [1.807, 2.05) is 0 Å². The Balaban J connectivity index is 2.48. The maximum absolute atomic E-state index is 12.6. The zero-order chi connectivity index (χ0) is 15.0. The standard InChI is InChI=1S/C17H34N2O/c1-5-16(6-2)19(13-14(3)4)17(20)8-7-15-9-11-18-12-10-15/h14-16,18H,5-13H2,1-4H3. The molecule has 0 aromatic carbocycles. The van der Waals surface area contributed by atoms with Gasteiger partial charge in [0.1, 0.15) is 0 Å². The fraction of sp³-hybridized carbons (Fsp3) is 0.941. The van der Waals surface area contributed by atoms with Crippen molar-refractivity contribution in [2.24, 2.45) is 11.8 Å². The van der Waals surface area contributed by atoms with Gasteiger partial charge in [-0.25, -0.2) is 0 Å². The molecule has 0 aromatic heterocycles. The van der Waals surface area contributed by atoms with Crippen molar-refractivity contribution in [1.29, 1.82) is 0 Å². The van der Waals surface area contributed by atoms with Crippen molar-refractivity contribution in [1.82, 2.24) is 10.2 Å². The first kappa shape index (κ1) is 17.5. The summed E-state index contributed by atoms with van der Waals surface area (Å²) in [6, 6.07) is 0.429. The van der Waals surface area contributed by atoms with Crippen LogP contribution in [0, 0.1) is 11.8 Å². The van der Waals surface area contributed by atoms with Gasteiger partial charge in [0.05, 0.1) is 0 Å². The van der Waals surface area contributed by atoms with Crippen LogP contribution < -0.4 is 5.32 Å². The fourth-order valence-corrected chi connectivity index (χ4v) is 3.22. The van der Waals surface area contributed by atoms with Gasteiger partial charge in [0.2, 0.25) is 5.91 Å². The number of nitrogens with one attached hydrogen (secondary N) is 1. The minimum Gasteiger partial charge on any atom is -0.339 e. The lowest BCUT2D eigenvalue weighted by Gasteiger charge is -2.33. The minimum absolute atomic E-state index is 0.380. The van der Waals surface area contributed by atoms with Gasteiger partial charge in [-0.05, 0) is 57.0 Å². The lowest BCUT2D eigenvalue weighted by Crippen LogP contribution is -2.42. The Hall–Kier alpha value is -0.570. The Morgan fingerprint density at radius 2 is 1.80 bits per heavy atom. The van der Waals surface area contributed by atoms with E-state index in [0.717, 1.165) is 51.2 Å². The highest BCUT2D eigenvalue weighted by Crippen LogP contribution is 2.20. The molecule has 3 nitrogen and oxygen atoms in total. The van der Waals surface area contributed by atoms with Crippen LogP contribution in [0.1, 0.15) is 66.2 Å². The second kappa shape index (κ2) is 9.38. The summed E-state index contributed by atoms with van der Waals surface area (Å²) in [6.07, 6.45) is 6.44. The predicted molar refractivity (Wildman–Crippen MR) is 85.7 cm³/mol. The molecule has 0 aromatic rings. The van der Waals surface area contributed by atoms with E-state index in [-0.39, 0.29) is 0 Å². The van der Waals surface area contributed by atoms with Gasteiger partial charge in [-0.2, -0.15) is 0 Å². The molecule has 1 N–H and O–H groups in total. The van der Waals surface area contributed by atoms with Crippen LogP contribution >= 0.6 is 0 Å². The summed E-state index contributed by atoms with van der Waals surface area (Å²) in [6.45, 7) is 12.0. The van der Waals surface area contributed by atoms with Gasteiger partial charge >= 0.3 is 0 Å². The number of hydrogen-bond acceptors (Lipinski definition) is 2. The average molecular weight is 282 g/mol. The topological polar surface area (TPSA) is 32.3 Å². The molecule has 0 bridgehead atoms. The largest absolute Gasteiger partial charge is 0.339 e. The van der Waals surface area contributed by atoms with Crippen LogP contribution in [-0.4, -0.2) is 36.5 Å². The molecule has 1 aliphatic rings. The summed E-state index contributed by atoms with van der Waals surface area (Å²) in [4.78, 5) is 14.7. The molecule has 1 amide bonds. The first-order valence-electron chi connectivity index (χ1n) is 8.58. The first-order chi connectivity index (χ1) is 9.58. The SMILES string of the molecule is CCC(CC)N(CC(C)C)C(=O)CCC1CCNCC1. The summed E-state index contributed by atoms with van der Waals surface area (Å²) in [5.41, 5.74) is 0. The number of rotatable bonds is 8. The van der Waals surface area contributed by atoms with E-state index >= 15 is 0 Å². The molecular weight excluding hydrogens is 248 g/mol. The third kappa shape index (κ3) is 5.82. The highest BCUT2D eigenvalue weighted by molar-refractivity contribution is 5.76. The molecular formula is C17H34N2O. The zero-order valence-corrected chi connectivity index (χ0v) is 14.0. The van der Waals surface area contributed by atoms with Crippen molar-refractivity contribution in [2.45, 2.75) is 72.3 Å². The first-order valence-corrected chi connectivity index (χ1v) is 8.58. The van der Waals surface area contributed by atoms with Crippen LogP contribution in [0.5, 0.6) is 0 Å². The van der Waals surface area contributed by atoms with Crippen LogP contribution in [0.25, 0.3) is 0 Å². The minimum atomic E-state index is 0.380. The van der Waals surface area contributed by atoms with Crippen molar-refractivity contribution in [2.75, 3.05) is 19.6 Å². The van der Waals surface area contributed by atoms with E-state index in [9.17, 15) is 4.79 Å². The van der Waals surface area contributed by atoms with Crippen LogP contribution in [0.3, 0.4) is 0 Å². The van der Waals surface area contributed by atoms with Gasteiger partial charge in [0.15, 0.2) is 0 Å². The summed E-state index contributed by atoms with van der Waals surface area (Å²) >= 11 is 0. The normalized spacial score (nSPS) is 16.9. The Kier molecular flexibility index (Phi) is 8.20. The van der Waals surface area contributed by atoms with E-state index in [2.05, 4.69) is 37.9 Å². The zero-order valence-electron chi connectivity index (χ0n) is 14.0. The average Bonchev–Trinajstić information content (AvgIpc) is 2.45. The van der Waals surface area contributed by atoms with Crippen LogP contribution in [0.4, 0.5) is 0 Å². The second-order valence-corrected chi connectivity index (χ2v) is 6.64. The number of carbonyl (C=O) groups excluding carboxylic acids is 1.